The molecule has 7 rings (SSSR count). The van der Waals surface area contributed by atoms with Crippen molar-refractivity contribution in [2.45, 2.75) is 109 Å². The molecule has 4 aromatic carbocycles. The molecule has 2 N–H and O–H groups in total. The highest BCUT2D eigenvalue weighted by Crippen LogP contribution is 2.62. The van der Waals surface area contributed by atoms with Crippen molar-refractivity contribution in [1.29, 1.82) is 0 Å². The molecule has 1 saturated carbocycles. The molecule has 0 spiro atoms. The number of ether oxygens (including phenoxy) is 4. The standard InChI is InChI=1S/C53H65ClN2O8/c1-7-28-61-53-48(56(51(59)60-29-25-54)34-39-18-14-17-37-15-8-9-19-42(37)39)33-46(55-64-52(4,5)6)44-31-38(16-10-12-26-57)43(20-11-13-27-58)49(50(44)53)45-32-41(23-24-47(45)63-53)62-40-22-21-35(2)36(3)30-40/h7-9,14-15,17-19,21-24,30-32,38,43,48-50,57-58H,1,10-13,16,20,25-29,33-34H2,2-6H3. The van der Waals surface area contributed by atoms with E-state index in [2.05, 4.69) is 56.8 Å². The highest BCUT2D eigenvalue weighted by Gasteiger charge is 2.66. The first kappa shape index (κ1) is 47.1. The largest absolute Gasteiger partial charge is 0.459 e. The van der Waals surface area contributed by atoms with Crippen LogP contribution < -0.4 is 9.47 Å². The number of halogens is 1. The number of aliphatic hydroxyl groups is 2. The van der Waals surface area contributed by atoms with Gasteiger partial charge in [-0.25, -0.2) is 4.79 Å². The number of hydrogen-bond donors (Lipinski definition) is 2. The number of aryl methyl sites for hydroxylation is 2. The lowest BCUT2D eigenvalue weighted by atomic mass is 9.55. The number of fused-ring (bicyclic) bond motifs is 3. The van der Waals surface area contributed by atoms with Crippen LogP contribution in [-0.4, -0.2) is 76.7 Å². The van der Waals surface area contributed by atoms with E-state index < -0.39 is 29.4 Å². The van der Waals surface area contributed by atoms with Gasteiger partial charge in [0.1, 0.15) is 35.5 Å². The summed E-state index contributed by atoms with van der Waals surface area (Å²) in [5.74, 6) is 0.101. The molecule has 64 heavy (non-hydrogen) atoms. The van der Waals surface area contributed by atoms with Gasteiger partial charge in [0.15, 0.2) is 0 Å². The number of unbranched alkanes of at least 4 members (excludes halogenated alkanes) is 2. The highest BCUT2D eigenvalue weighted by atomic mass is 35.5. The third kappa shape index (κ3) is 10.3. The van der Waals surface area contributed by atoms with E-state index in [0.717, 1.165) is 64.5 Å². The zero-order chi connectivity index (χ0) is 45.4. The molecule has 10 nitrogen and oxygen atoms in total. The summed E-state index contributed by atoms with van der Waals surface area (Å²) >= 11 is 6.18. The fraction of sp³-hybridized carbons (Fsp3) is 0.472. The quantitative estimate of drug-likeness (QED) is 0.0413. The van der Waals surface area contributed by atoms with Crippen molar-refractivity contribution in [2.75, 3.05) is 32.3 Å². The van der Waals surface area contributed by atoms with Crippen molar-refractivity contribution >= 4 is 34.2 Å². The van der Waals surface area contributed by atoms with Gasteiger partial charge in [0.25, 0.3) is 0 Å². The summed E-state index contributed by atoms with van der Waals surface area (Å²) < 4.78 is 27.2. The second-order valence-corrected chi connectivity index (χ2v) is 18.8. The van der Waals surface area contributed by atoms with Crippen LogP contribution >= 0.6 is 11.6 Å². The summed E-state index contributed by atoms with van der Waals surface area (Å²) in [4.78, 5) is 22.9. The molecule has 6 unspecified atom stereocenters. The van der Waals surface area contributed by atoms with Crippen LogP contribution in [-0.2, 0) is 20.9 Å². The maximum absolute atomic E-state index is 14.8. The smallest absolute Gasteiger partial charge is 0.410 e. The molecule has 0 bridgehead atoms. The van der Waals surface area contributed by atoms with Crippen LogP contribution in [0.25, 0.3) is 10.8 Å². The van der Waals surface area contributed by atoms with Crippen LogP contribution in [0, 0.1) is 31.6 Å². The number of benzene rings is 4. The Bertz CT molecular complexity index is 2320. The summed E-state index contributed by atoms with van der Waals surface area (Å²) in [7, 11) is 0. The second kappa shape index (κ2) is 21.0. The molecule has 6 atom stereocenters. The van der Waals surface area contributed by atoms with Gasteiger partial charge in [-0.15, -0.1) is 18.2 Å². The topological polar surface area (TPSA) is 119 Å². The fourth-order valence-electron chi connectivity index (χ4n) is 9.94. The Morgan fingerprint density at radius 1 is 0.953 bits per heavy atom. The first-order valence-electron chi connectivity index (χ1n) is 22.9. The molecular weight excluding hydrogens is 828 g/mol. The minimum Gasteiger partial charge on any atom is -0.459 e. The third-order valence-corrected chi connectivity index (χ3v) is 13.1. The molecule has 0 aromatic heterocycles. The van der Waals surface area contributed by atoms with Gasteiger partial charge in [-0.2, -0.15) is 0 Å². The van der Waals surface area contributed by atoms with Crippen LogP contribution in [0.4, 0.5) is 4.79 Å². The average Bonchev–Trinajstić information content (AvgIpc) is 3.28. The maximum atomic E-state index is 14.8. The van der Waals surface area contributed by atoms with Gasteiger partial charge < -0.3 is 34.0 Å². The number of hydrogen-bond acceptors (Lipinski definition) is 9. The number of aliphatic hydroxyl groups excluding tert-OH is 2. The lowest BCUT2D eigenvalue weighted by Gasteiger charge is -2.60. The van der Waals surface area contributed by atoms with Crippen LogP contribution in [0.5, 0.6) is 17.2 Å². The van der Waals surface area contributed by atoms with E-state index >= 15 is 0 Å². The Kier molecular flexibility index (Phi) is 15.4. The molecular formula is C53H65ClN2O8. The molecule has 1 amide bonds. The van der Waals surface area contributed by atoms with E-state index in [4.69, 9.17) is 40.5 Å². The van der Waals surface area contributed by atoms with Crippen LogP contribution in [0.3, 0.4) is 0 Å². The summed E-state index contributed by atoms with van der Waals surface area (Å²) in [5, 5.41) is 27.1. The maximum Gasteiger partial charge on any atom is 0.410 e. The molecule has 0 radical (unpaired) electrons. The number of allylic oxidation sites excluding steroid dienone is 1. The van der Waals surface area contributed by atoms with Gasteiger partial charge in [-0.05, 0) is 136 Å². The summed E-state index contributed by atoms with van der Waals surface area (Å²) in [5.41, 5.74) is 5.26. The molecule has 3 aliphatic rings. The van der Waals surface area contributed by atoms with Gasteiger partial charge in [-0.3, -0.25) is 4.90 Å². The zero-order valence-corrected chi connectivity index (χ0v) is 38.8. The molecule has 342 valence electrons. The lowest BCUT2D eigenvalue weighted by Crippen LogP contribution is -2.70. The number of amides is 1. The van der Waals surface area contributed by atoms with Crippen molar-refractivity contribution in [1.82, 2.24) is 4.90 Å². The Labute approximate surface area is 383 Å². The molecule has 0 saturated heterocycles. The third-order valence-electron chi connectivity index (χ3n) is 12.9. The zero-order valence-electron chi connectivity index (χ0n) is 38.1. The van der Waals surface area contributed by atoms with Gasteiger partial charge in [0, 0.05) is 31.1 Å². The van der Waals surface area contributed by atoms with E-state index in [1.165, 1.54) is 5.56 Å². The van der Waals surface area contributed by atoms with E-state index in [0.29, 0.717) is 30.1 Å². The molecule has 4 aromatic rings. The molecule has 2 aliphatic carbocycles. The van der Waals surface area contributed by atoms with Gasteiger partial charge in [0.05, 0.1) is 30.7 Å². The molecule has 1 fully saturated rings. The molecule has 1 aliphatic heterocycles. The van der Waals surface area contributed by atoms with E-state index in [9.17, 15) is 15.0 Å². The first-order valence-corrected chi connectivity index (χ1v) is 23.4. The lowest BCUT2D eigenvalue weighted by molar-refractivity contribution is -0.256. The SMILES string of the molecule is C=CCOC12Oc3ccc(Oc4ccc(C)c(C)c4)cc3C3C(CCCCO)C(CCCCO)C=C(C(=NOC(C)(C)C)CC1N(Cc1cccc4ccccc14)C(=O)OCCCl)C32. The minimum absolute atomic E-state index is 0.0143. The van der Waals surface area contributed by atoms with Crippen LogP contribution in [0.15, 0.2) is 108 Å². The fourth-order valence-corrected chi connectivity index (χ4v) is 10.0. The summed E-state index contributed by atoms with van der Waals surface area (Å²) in [6, 6.07) is 25.6. The number of oxime groups is 1. The van der Waals surface area contributed by atoms with Crippen molar-refractivity contribution < 1.29 is 38.8 Å². The normalized spacial score (nSPS) is 23.1. The Morgan fingerprint density at radius 2 is 1.69 bits per heavy atom. The van der Waals surface area contributed by atoms with E-state index in [1.807, 2.05) is 69.3 Å². The van der Waals surface area contributed by atoms with Gasteiger partial charge in [0.2, 0.25) is 5.79 Å². The predicted octanol–water partition coefficient (Wildman–Crippen LogP) is 11.6. The predicted molar refractivity (Wildman–Crippen MR) is 253 cm³/mol. The van der Waals surface area contributed by atoms with Crippen molar-refractivity contribution in [3.8, 4) is 17.2 Å². The van der Waals surface area contributed by atoms with Gasteiger partial charge in [-0.1, -0.05) is 78.7 Å². The Morgan fingerprint density at radius 3 is 2.42 bits per heavy atom. The highest BCUT2D eigenvalue weighted by molar-refractivity contribution is 6.18. The number of nitrogens with zero attached hydrogens (tertiary/aromatic N) is 2. The van der Waals surface area contributed by atoms with E-state index in [-0.39, 0.29) is 63.0 Å². The summed E-state index contributed by atoms with van der Waals surface area (Å²) in [6.45, 7) is 14.7. The Balaban J connectivity index is 1.48. The first-order chi connectivity index (χ1) is 30.9. The minimum atomic E-state index is -1.47. The average molecular weight is 894 g/mol. The monoisotopic (exact) mass is 892 g/mol. The van der Waals surface area contributed by atoms with Crippen LogP contribution in [0.2, 0.25) is 0 Å². The van der Waals surface area contributed by atoms with Crippen molar-refractivity contribution in [2.24, 2.45) is 22.9 Å². The van der Waals surface area contributed by atoms with Gasteiger partial charge >= 0.3 is 6.09 Å². The number of carbonyl (C=O) groups excluding carboxylic acids is 1. The second-order valence-electron chi connectivity index (χ2n) is 18.4. The van der Waals surface area contributed by atoms with Crippen molar-refractivity contribution in [3.05, 3.63) is 125 Å². The van der Waals surface area contributed by atoms with Crippen LogP contribution in [0.1, 0.15) is 93.9 Å². The molecule has 11 heteroatoms. The number of rotatable bonds is 19. The Hall–Kier alpha value is -4.87. The molecule has 1 heterocycles. The van der Waals surface area contributed by atoms with E-state index in [1.54, 1.807) is 11.0 Å². The number of alkyl halides is 1. The van der Waals surface area contributed by atoms with Crippen molar-refractivity contribution in [3.63, 3.8) is 0 Å². The number of carbonyl (C=O) groups is 1. The summed E-state index contributed by atoms with van der Waals surface area (Å²) in [6.07, 6.45) is 8.35.